The molecule has 0 spiro atoms. The van der Waals surface area contributed by atoms with Crippen molar-refractivity contribution < 1.29 is 13.2 Å². The standard InChI is InChI=1S/C20H35N3O3S/c1-5-22(6-2)16-14-21-20(24)23(18(3)4)15-10-11-17-27(25,26)19-12-8-7-9-13-19/h7-9,12-13,18H,5-6,10-11,14-17H2,1-4H3,(H,21,24). The number of likely N-dealkylation sites (N-methyl/N-ethyl adjacent to an activating group) is 1. The number of unbranched alkanes of at least 4 members (excludes halogenated alkanes) is 1. The van der Waals surface area contributed by atoms with Crippen LogP contribution in [0.25, 0.3) is 0 Å². The second-order valence-corrected chi connectivity index (χ2v) is 8.99. The summed E-state index contributed by atoms with van der Waals surface area (Å²) in [6.07, 6.45) is 1.20. The van der Waals surface area contributed by atoms with Crippen LogP contribution >= 0.6 is 0 Å². The minimum absolute atomic E-state index is 0.0733. The van der Waals surface area contributed by atoms with Crippen molar-refractivity contribution in [2.75, 3.05) is 38.5 Å². The van der Waals surface area contributed by atoms with Crippen molar-refractivity contribution in [1.82, 2.24) is 15.1 Å². The molecule has 0 aromatic heterocycles. The molecule has 0 fully saturated rings. The molecule has 2 amide bonds. The molecule has 0 heterocycles. The highest BCUT2D eigenvalue weighted by Gasteiger charge is 2.18. The van der Waals surface area contributed by atoms with Gasteiger partial charge in [-0.1, -0.05) is 32.0 Å². The van der Waals surface area contributed by atoms with Crippen LogP contribution in [-0.2, 0) is 9.84 Å². The summed E-state index contributed by atoms with van der Waals surface area (Å²) in [5.74, 6) is 0.104. The summed E-state index contributed by atoms with van der Waals surface area (Å²) >= 11 is 0. The Morgan fingerprint density at radius 3 is 2.22 bits per heavy atom. The van der Waals surface area contributed by atoms with E-state index in [0.29, 0.717) is 30.8 Å². The second-order valence-electron chi connectivity index (χ2n) is 6.88. The number of nitrogens with zero attached hydrogens (tertiary/aromatic N) is 2. The van der Waals surface area contributed by atoms with E-state index < -0.39 is 9.84 Å². The lowest BCUT2D eigenvalue weighted by molar-refractivity contribution is 0.180. The number of rotatable bonds is 12. The molecule has 0 saturated heterocycles. The molecule has 1 rings (SSSR count). The van der Waals surface area contributed by atoms with Gasteiger partial charge in [0.15, 0.2) is 9.84 Å². The van der Waals surface area contributed by atoms with Crippen LogP contribution in [0.4, 0.5) is 4.79 Å². The topological polar surface area (TPSA) is 69.7 Å². The molecule has 0 saturated carbocycles. The lowest BCUT2D eigenvalue weighted by Crippen LogP contribution is -2.46. The molecule has 1 aromatic carbocycles. The van der Waals surface area contributed by atoms with Crippen molar-refractivity contribution in [3.63, 3.8) is 0 Å². The van der Waals surface area contributed by atoms with Crippen molar-refractivity contribution >= 4 is 15.9 Å². The molecule has 1 N–H and O–H groups in total. The van der Waals surface area contributed by atoms with Crippen LogP contribution in [0, 0.1) is 0 Å². The van der Waals surface area contributed by atoms with Gasteiger partial charge in [0.1, 0.15) is 0 Å². The predicted molar refractivity (Wildman–Crippen MR) is 111 cm³/mol. The Morgan fingerprint density at radius 1 is 1.04 bits per heavy atom. The Kier molecular flexibility index (Phi) is 10.4. The SMILES string of the molecule is CCN(CC)CCNC(=O)N(CCCCS(=O)(=O)c1ccccc1)C(C)C. The lowest BCUT2D eigenvalue weighted by Gasteiger charge is -2.27. The zero-order chi connectivity index (χ0) is 20.3. The van der Waals surface area contributed by atoms with E-state index in [0.717, 1.165) is 19.6 Å². The fourth-order valence-electron chi connectivity index (χ4n) is 2.88. The highest BCUT2D eigenvalue weighted by Crippen LogP contribution is 2.12. The average Bonchev–Trinajstić information content (AvgIpc) is 2.65. The number of amides is 2. The van der Waals surface area contributed by atoms with Gasteiger partial charge in [0, 0.05) is 25.7 Å². The van der Waals surface area contributed by atoms with Gasteiger partial charge in [-0.3, -0.25) is 0 Å². The van der Waals surface area contributed by atoms with Gasteiger partial charge < -0.3 is 15.1 Å². The molecule has 154 valence electrons. The zero-order valence-corrected chi connectivity index (χ0v) is 18.0. The Morgan fingerprint density at radius 2 is 1.67 bits per heavy atom. The monoisotopic (exact) mass is 397 g/mol. The molecule has 0 aliphatic rings. The molecule has 7 heteroatoms. The summed E-state index contributed by atoms with van der Waals surface area (Å²) in [4.78, 5) is 16.8. The van der Waals surface area contributed by atoms with Crippen molar-refractivity contribution in [2.45, 2.75) is 51.5 Å². The largest absolute Gasteiger partial charge is 0.337 e. The predicted octanol–water partition coefficient (Wildman–Crippen LogP) is 3.00. The first-order valence-corrected chi connectivity index (χ1v) is 11.5. The summed E-state index contributed by atoms with van der Waals surface area (Å²) in [5.41, 5.74) is 0. The van der Waals surface area contributed by atoms with E-state index >= 15 is 0 Å². The number of hydrogen-bond donors (Lipinski definition) is 1. The molecule has 0 aliphatic carbocycles. The molecule has 0 aliphatic heterocycles. The first-order chi connectivity index (χ1) is 12.8. The van der Waals surface area contributed by atoms with E-state index in [1.807, 2.05) is 13.8 Å². The van der Waals surface area contributed by atoms with E-state index in [1.165, 1.54) is 0 Å². The number of hydrogen-bond acceptors (Lipinski definition) is 4. The third kappa shape index (κ3) is 8.30. The van der Waals surface area contributed by atoms with Gasteiger partial charge in [0.2, 0.25) is 0 Å². The Bertz CT molecular complexity index is 644. The second kappa shape index (κ2) is 12.0. The molecule has 27 heavy (non-hydrogen) atoms. The average molecular weight is 398 g/mol. The van der Waals surface area contributed by atoms with Crippen LogP contribution in [0.3, 0.4) is 0 Å². The molecule has 6 nitrogen and oxygen atoms in total. The van der Waals surface area contributed by atoms with Crippen LogP contribution in [0.2, 0.25) is 0 Å². The smallest absolute Gasteiger partial charge is 0.317 e. The maximum atomic E-state index is 12.4. The van der Waals surface area contributed by atoms with Crippen LogP contribution in [0.5, 0.6) is 0 Å². The normalized spacial score (nSPS) is 11.8. The molecule has 0 bridgehead atoms. The van der Waals surface area contributed by atoms with Gasteiger partial charge in [0.05, 0.1) is 10.6 Å². The number of carbonyl (C=O) groups excluding carboxylic acids is 1. The number of sulfone groups is 1. The van der Waals surface area contributed by atoms with Crippen molar-refractivity contribution in [2.24, 2.45) is 0 Å². The van der Waals surface area contributed by atoms with Crippen molar-refractivity contribution in [3.8, 4) is 0 Å². The minimum Gasteiger partial charge on any atom is -0.337 e. The van der Waals surface area contributed by atoms with Crippen molar-refractivity contribution in [1.29, 1.82) is 0 Å². The van der Waals surface area contributed by atoms with Crippen LogP contribution < -0.4 is 5.32 Å². The molecular formula is C20H35N3O3S. The summed E-state index contributed by atoms with van der Waals surface area (Å²) in [6, 6.07) is 8.51. The summed E-state index contributed by atoms with van der Waals surface area (Å²) < 4.78 is 24.6. The summed E-state index contributed by atoms with van der Waals surface area (Å²) in [6.45, 7) is 12.1. The lowest BCUT2D eigenvalue weighted by atomic mass is 10.2. The van der Waals surface area contributed by atoms with Gasteiger partial charge in [-0.05, 0) is 51.9 Å². The van der Waals surface area contributed by atoms with E-state index in [-0.39, 0.29) is 17.8 Å². The first-order valence-electron chi connectivity index (χ1n) is 9.86. The molecule has 0 radical (unpaired) electrons. The highest BCUT2D eigenvalue weighted by atomic mass is 32.2. The van der Waals surface area contributed by atoms with Gasteiger partial charge in [-0.25, -0.2) is 13.2 Å². The maximum Gasteiger partial charge on any atom is 0.317 e. The molecule has 1 aromatic rings. The molecular weight excluding hydrogens is 362 g/mol. The van der Waals surface area contributed by atoms with Gasteiger partial charge in [0.25, 0.3) is 0 Å². The highest BCUT2D eigenvalue weighted by molar-refractivity contribution is 7.91. The number of carbonyl (C=O) groups is 1. The Hall–Kier alpha value is -1.60. The molecule has 0 unspecified atom stereocenters. The maximum absolute atomic E-state index is 12.4. The van der Waals surface area contributed by atoms with Crippen LogP contribution in [0.1, 0.15) is 40.5 Å². The van der Waals surface area contributed by atoms with E-state index in [2.05, 4.69) is 24.1 Å². The summed E-state index contributed by atoms with van der Waals surface area (Å²) in [7, 11) is -3.25. The Labute approximate surface area is 164 Å². The quantitative estimate of drug-likeness (QED) is 0.551. The van der Waals surface area contributed by atoms with Crippen LogP contribution in [0.15, 0.2) is 35.2 Å². The van der Waals surface area contributed by atoms with Gasteiger partial charge >= 0.3 is 6.03 Å². The van der Waals surface area contributed by atoms with Gasteiger partial charge in [-0.15, -0.1) is 0 Å². The first kappa shape index (κ1) is 23.4. The minimum atomic E-state index is -3.25. The van der Waals surface area contributed by atoms with E-state index in [4.69, 9.17) is 0 Å². The number of urea groups is 1. The fourth-order valence-corrected chi connectivity index (χ4v) is 4.27. The number of nitrogens with one attached hydrogen (secondary N) is 1. The third-order valence-corrected chi connectivity index (χ3v) is 6.46. The molecule has 0 atom stereocenters. The third-order valence-electron chi connectivity index (χ3n) is 4.65. The number of benzene rings is 1. The fraction of sp³-hybridized carbons (Fsp3) is 0.650. The van der Waals surface area contributed by atoms with Crippen molar-refractivity contribution in [3.05, 3.63) is 30.3 Å². The van der Waals surface area contributed by atoms with Crippen LogP contribution in [-0.4, -0.2) is 68.8 Å². The van der Waals surface area contributed by atoms with E-state index in [1.54, 1.807) is 35.2 Å². The summed E-state index contributed by atoms with van der Waals surface area (Å²) in [5, 5.41) is 2.97. The Balaban J connectivity index is 2.43. The zero-order valence-electron chi connectivity index (χ0n) is 17.1. The van der Waals surface area contributed by atoms with Gasteiger partial charge in [-0.2, -0.15) is 0 Å². The van der Waals surface area contributed by atoms with E-state index in [9.17, 15) is 13.2 Å².